The summed E-state index contributed by atoms with van der Waals surface area (Å²) in [4.78, 5) is 139. The number of aliphatic hydroxyl groups excluding tert-OH is 1. The molecule has 410 valence electrons. The number of rotatable bonds is 31. The second kappa shape index (κ2) is 30.7. The number of carbonyl (C=O) groups is 10. The van der Waals surface area contributed by atoms with E-state index in [-0.39, 0.29) is 44.2 Å². The second-order valence-corrected chi connectivity index (χ2v) is 19.9. The Hall–Kier alpha value is -6.11. The molecule has 0 saturated carbocycles. The Kier molecular flexibility index (Phi) is 27.2. The molecule has 0 bridgehead atoms. The van der Waals surface area contributed by atoms with Gasteiger partial charge in [-0.2, -0.15) is 0 Å². The number of aliphatic carboxylic acids is 1. The van der Waals surface area contributed by atoms with Crippen molar-refractivity contribution in [2.75, 3.05) is 13.1 Å². The van der Waals surface area contributed by atoms with Crippen molar-refractivity contribution < 1.29 is 58.2 Å². The number of nitrogens with two attached hydrogens (primary N) is 4. The highest BCUT2D eigenvalue weighted by Crippen LogP contribution is 2.21. The van der Waals surface area contributed by atoms with E-state index in [9.17, 15) is 58.2 Å². The van der Waals surface area contributed by atoms with E-state index < -0.39 is 150 Å². The fourth-order valence-electron chi connectivity index (χ4n) is 7.89. The second-order valence-electron chi connectivity index (χ2n) is 19.9. The first-order chi connectivity index (χ1) is 33.5. The van der Waals surface area contributed by atoms with Crippen LogP contribution in [0.1, 0.15) is 128 Å². The van der Waals surface area contributed by atoms with Gasteiger partial charge in [0.05, 0.1) is 18.6 Å². The summed E-state index contributed by atoms with van der Waals surface area (Å²) in [6, 6.07) is -11.7. The normalized spacial score (nSPS) is 18.1. The van der Waals surface area contributed by atoms with E-state index >= 15 is 0 Å². The highest BCUT2D eigenvalue weighted by Gasteiger charge is 2.42. The van der Waals surface area contributed by atoms with Gasteiger partial charge < -0.3 is 75.3 Å². The van der Waals surface area contributed by atoms with Crippen LogP contribution in [-0.4, -0.2) is 154 Å². The molecule has 0 aromatic heterocycles. The van der Waals surface area contributed by atoms with Crippen LogP contribution in [0.4, 0.5) is 0 Å². The van der Waals surface area contributed by atoms with Crippen molar-refractivity contribution in [2.45, 2.75) is 188 Å². The lowest BCUT2D eigenvalue weighted by Gasteiger charge is -2.32. The Balaban J connectivity index is 3.34. The third-order valence-electron chi connectivity index (χ3n) is 12.6. The van der Waals surface area contributed by atoms with Gasteiger partial charge in [0.25, 0.3) is 0 Å². The van der Waals surface area contributed by atoms with Crippen molar-refractivity contribution in [3.8, 4) is 0 Å². The molecule has 72 heavy (non-hydrogen) atoms. The minimum Gasteiger partial charge on any atom is -0.480 e. The number of aliphatic imine (C=N–C) groups is 1. The van der Waals surface area contributed by atoms with Crippen molar-refractivity contribution >= 4 is 65.1 Å². The molecule has 1 saturated heterocycles. The number of hydrogen-bond donors (Lipinski definition) is 13. The first-order valence-corrected chi connectivity index (χ1v) is 24.9. The highest BCUT2D eigenvalue weighted by atomic mass is 16.4. The van der Waals surface area contributed by atoms with E-state index in [1.807, 2.05) is 13.8 Å². The van der Waals surface area contributed by atoms with E-state index in [4.69, 9.17) is 22.9 Å². The summed E-state index contributed by atoms with van der Waals surface area (Å²) in [5.41, 5.74) is 22.3. The molecular formula is C47H85N13O12. The predicted octanol–water partition coefficient (Wildman–Crippen LogP) is -2.46. The molecule has 17 N–H and O–H groups in total. The smallest absolute Gasteiger partial charge is 0.326 e. The fourth-order valence-corrected chi connectivity index (χ4v) is 7.89. The number of guanidine groups is 1. The Bertz CT molecular complexity index is 1910. The molecule has 1 rings (SSSR count). The number of carboxylic acids is 1. The van der Waals surface area contributed by atoms with Crippen molar-refractivity contribution in [2.24, 2.45) is 57.5 Å². The molecule has 0 aromatic carbocycles. The Morgan fingerprint density at radius 2 is 1.10 bits per heavy atom. The van der Waals surface area contributed by atoms with Gasteiger partial charge in [0.1, 0.15) is 48.3 Å². The van der Waals surface area contributed by atoms with Gasteiger partial charge in [0.2, 0.25) is 53.2 Å². The summed E-state index contributed by atoms with van der Waals surface area (Å²) < 4.78 is 0. The van der Waals surface area contributed by atoms with Crippen LogP contribution in [0.2, 0.25) is 0 Å². The van der Waals surface area contributed by atoms with Crippen LogP contribution < -0.4 is 60.2 Å². The lowest BCUT2D eigenvalue weighted by molar-refractivity contribution is -0.145. The zero-order chi connectivity index (χ0) is 55.3. The quantitative estimate of drug-likeness (QED) is 0.0195. The predicted molar refractivity (Wildman–Crippen MR) is 267 cm³/mol. The maximum absolute atomic E-state index is 14.2. The molecule has 25 heteroatoms. The number of aliphatic hydroxyl groups is 1. The van der Waals surface area contributed by atoms with Gasteiger partial charge in [0, 0.05) is 13.1 Å². The molecule has 9 amide bonds. The summed E-state index contributed by atoms with van der Waals surface area (Å²) in [6.07, 6.45) is -0.184. The lowest BCUT2D eigenvalue weighted by atomic mass is 9.96. The van der Waals surface area contributed by atoms with Crippen LogP contribution in [0.5, 0.6) is 0 Å². The van der Waals surface area contributed by atoms with Crippen LogP contribution in [0, 0.1) is 29.6 Å². The van der Waals surface area contributed by atoms with Crippen molar-refractivity contribution in [3.63, 3.8) is 0 Å². The first kappa shape index (κ1) is 63.9. The summed E-state index contributed by atoms with van der Waals surface area (Å²) in [5.74, 6) is -11.0. The number of hydrogen-bond acceptors (Lipinski definition) is 13. The number of likely N-dealkylation sites (tertiary alicyclic amines) is 1. The Morgan fingerprint density at radius 1 is 0.625 bits per heavy atom. The van der Waals surface area contributed by atoms with Gasteiger partial charge >= 0.3 is 5.97 Å². The maximum Gasteiger partial charge on any atom is 0.326 e. The Labute approximate surface area is 423 Å². The van der Waals surface area contributed by atoms with E-state index in [0.29, 0.717) is 25.7 Å². The molecule has 1 fully saturated rings. The third-order valence-corrected chi connectivity index (χ3v) is 12.6. The number of nitrogens with one attached hydrogen (secondary N) is 7. The molecule has 12 atom stereocenters. The molecule has 25 nitrogen and oxygen atoms in total. The number of carboxylic acid groups (broad SMARTS) is 1. The third kappa shape index (κ3) is 20.5. The average molecular weight is 1020 g/mol. The molecule has 0 spiro atoms. The average Bonchev–Trinajstić information content (AvgIpc) is 3.79. The van der Waals surface area contributed by atoms with Crippen LogP contribution in [0.3, 0.4) is 0 Å². The van der Waals surface area contributed by atoms with Crippen LogP contribution in [0.15, 0.2) is 4.99 Å². The number of carbonyl (C=O) groups excluding carboxylic acids is 9. The van der Waals surface area contributed by atoms with Crippen LogP contribution in [-0.2, 0) is 47.9 Å². The Morgan fingerprint density at radius 3 is 1.57 bits per heavy atom. The molecule has 1 aliphatic heterocycles. The SMILES string of the molecule is CC[C@H](C)[C@H](NC(=O)[C@H](CC(C)C)NC(=O)[C@@H](N)CCCN=C(N)N)C(=O)N[C@H](C(=O)N[C@H](C(=O)N[C@@H](CC(N)=O)C(=O)N1CCC[C@H]1C(=O)N[C@H](C(=O)N[C@H](C(=O)O)C(C)C)[C@@H](C)CC)C(C)C)[C@@H](C)O. The molecule has 0 aromatic rings. The lowest BCUT2D eigenvalue weighted by Crippen LogP contribution is -2.63. The van der Waals surface area contributed by atoms with Crippen molar-refractivity contribution in [3.05, 3.63) is 0 Å². The molecule has 0 unspecified atom stereocenters. The summed E-state index contributed by atoms with van der Waals surface area (Å²) >= 11 is 0. The first-order valence-electron chi connectivity index (χ1n) is 24.9. The van der Waals surface area contributed by atoms with Crippen LogP contribution in [0.25, 0.3) is 0 Å². The standard InChI is InChI=1S/C47H85N13O12/c1-12-25(9)35(57-39(64)29(20-22(3)4)53-38(63)28(48)16-14-18-52-47(50)51)43(68)59-37(27(11)61)44(69)55-33(23(5)6)41(66)54-30(21-32(49)62)45(70)60-19-15-17-31(60)40(65)58-36(26(10)13-2)42(67)56-34(24(7)8)46(71)72/h22-31,33-37,61H,12-21,48H2,1-11H3,(H2,49,62)(H,53,63)(H,54,66)(H,55,69)(H,56,67)(H,57,64)(H,58,65)(H,59,68)(H,71,72)(H4,50,51,52)/t25-,26-,27+,28-,29-,30-,31-,33-,34-,35-,36-,37-/m0/s1. The summed E-state index contributed by atoms with van der Waals surface area (Å²) in [5, 5.41) is 38.5. The van der Waals surface area contributed by atoms with Gasteiger partial charge in [-0.1, -0.05) is 82.1 Å². The largest absolute Gasteiger partial charge is 0.480 e. The minimum absolute atomic E-state index is 0.0266. The van der Waals surface area contributed by atoms with E-state index in [2.05, 4.69) is 42.2 Å². The number of nitrogens with zero attached hydrogens (tertiary/aromatic N) is 2. The highest BCUT2D eigenvalue weighted by molar-refractivity contribution is 5.99. The van der Waals surface area contributed by atoms with Gasteiger partial charge in [0.15, 0.2) is 5.96 Å². The van der Waals surface area contributed by atoms with E-state index in [1.165, 1.54) is 6.92 Å². The van der Waals surface area contributed by atoms with Crippen molar-refractivity contribution in [1.29, 1.82) is 0 Å². The summed E-state index contributed by atoms with van der Waals surface area (Å²) in [6.45, 7) is 18.5. The van der Waals surface area contributed by atoms with Crippen LogP contribution >= 0.6 is 0 Å². The van der Waals surface area contributed by atoms with Gasteiger partial charge in [-0.25, -0.2) is 4.79 Å². The number of primary amides is 1. The fraction of sp³-hybridized carbons (Fsp3) is 0.766. The van der Waals surface area contributed by atoms with E-state index in [1.54, 1.807) is 55.4 Å². The zero-order valence-electron chi connectivity index (χ0n) is 43.9. The number of amides is 9. The molecule has 1 heterocycles. The summed E-state index contributed by atoms with van der Waals surface area (Å²) in [7, 11) is 0. The van der Waals surface area contributed by atoms with Gasteiger partial charge in [-0.3, -0.25) is 48.1 Å². The van der Waals surface area contributed by atoms with Gasteiger partial charge in [-0.15, -0.1) is 0 Å². The maximum atomic E-state index is 14.2. The topological polar surface area (TPSA) is 415 Å². The van der Waals surface area contributed by atoms with Gasteiger partial charge in [-0.05, 0) is 68.6 Å². The van der Waals surface area contributed by atoms with E-state index in [0.717, 1.165) is 4.90 Å². The molecular weight excluding hydrogens is 939 g/mol. The van der Waals surface area contributed by atoms with Crippen molar-refractivity contribution in [1.82, 2.24) is 42.1 Å². The molecule has 0 radical (unpaired) electrons. The minimum atomic E-state index is -1.69. The monoisotopic (exact) mass is 1020 g/mol. The molecule has 0 aliphatic carbocycles. The molecule has 1 aliphatic rings. The zero-order valence-corrected chi connectivity index (χ0v) is 43.9.